The van der Waals surface area contributed by atoms with Gasteiger partial charge in [-0.05, 0) is 51.6 Å². The maximum Gasteiger partial charge on any atom is 0.0195 e. The lowest BCUT2D eigenvalue weighted by molar-refractivity contribution is 0.202. The lowest BCUT2D eigenvalue weighted by Gasteiger charge is -2.29. The first-order valence-corrected chi connectivity index (χ1v) is 8.23. The second kappa shape index (κ2) is 7.49. The molecular formula is C16H32N2. The van der Waals surface area contributed by atoms with Gasteiger partial charge in [-0.3, -0.25) is 0 Å². The van der Waals surface area contributed by atoms with Crippen LogP contribution in [-0.4, -0.2) is 37.1 Å². The highest BCUT2D eigenvalue weighted by Gasteiger charge is 2.24. The van der Waals surface area contributed by atoms with Crippen molar-refractivity contribution in [1.82, 2.24) is 10.2 Å². The van der Waals surface area contributed by atoms with E-state index in [0.717, 1.165) is 18.0 Å². The smallest absolute Gasteiger partial charge is 0.0195 e. The van der Waals surface area contributed by atoms with Crippen LogP contribution in [0.25, 0.3) is 0 Å². The van der Waals surface area contributed by atoms with Crippen LogP contribution in [0.1, 0.15) is 64.7 Å². The highest BCUT2D eigenvalue weighted by atomic mass is 15.2. The Hall–Kier alpha value is -0.0800. The summed E-state index contributed by atoms with van der Waals surface area (Å²) in [5, 5.41) is 3.63. The molecule has 3 atom stereocenters. The summed E-state index contributed by atoms with van der Waals surface area (Å²) >= 11 is 0. The van der Waals surface area contributed by atoms with Gasteiger partial charge >= 0.3 is 0 Å². The summed E-state index contributed by atoms with van der Waals surface area (Å²) in [7, 11) is 2.35. The first-order valence-electron chi connectivity index (χ1n) is 8.23. The standard InChI is InChI=1S/C16H32N2/c1-3-6-14-7-4-9-16(11-10-14)18(2)13-15-8-5-12-17-15/h14-17H,3-13H2,1-2H3. The molecule has 2 rings (SSSR count). The van der Waals surface area contributed by atoms with E-state index in [9.17, 15) is 0 Å². The van der Waals surface area contributed by atoms with Crippen LogP contribution in [0, 0.1) is 5.92 Å². The molecule has 18 heavy (non-hydrogen) atoms. The summed E-state index contributed by atoms with van der Waals surface area (Å²) in [6.45, 7) is 4.84. The summed E-state index contributed by atoms with van der Waals surface area (Å²) in [5.41, 5.74) is 0. The molecule has 106 valence electrons. The van der Waals surface area contributed by atoms with Gasteiger partial charge in [0, 0.05) is 18.6 Å². The predicted octanol–water partition coefficient (Wildman–Crippen LogP) is 3.42. The van der Waals surface area contributed by atoms with Gasteiger partial charge in [0.2, 0.25) is 0 Å². The Bertz CT molecular complexity index is 223. The first-order chi connectivity index (χ1) is 8.79. The van der Waals surface area contributed by atoms with E-state index in [1.54, 1.807) is 0 Å². The van der Waals surface area contributed by atoms with Crippen LogP contribution in [0.15, 0.2) is 0 Å². The molecule has 0 radical (unpaired) electrons. The van der Waals surface area contributed by atoms with Gasteiger partial charge in [0.1, 0.15) is 0 Å². The number of hydrogen-bond acceptors (Lipinski definition) is 2. The zero-order chi connectivity index (χ0) is 12.8. The lowest BCUT2D eigenvalue weighted by atomic mass is 9.95. The molecule has 0 aromatic rings. The van der Waals surface area contributed by atoms with Crippen molar-refractivity contribution in [2.45, 2.75) is 76.8 Å². The van der Waals surface area contributed by atoms with Crippen molar-refractivity contribution in [3.63, 3.8) is 0 Å². The minimum atomic E-state index is 0.768. The zero-order valence-electron chi connectivity index (χ0n) is 12.5. The first kappa shape index (κ1) is 14.3. The van der Waals surface area contributed by atoms with Crippen molar-refractivity contribution < 1.29 is 0 Å². The Morgan fingerprint density at radius 3 is 2.67 bits per heavy atom. The Balaban J connectivity index is 1.74. The SMILES string of the molecule is CCCC1CCCC(N(C)CC2CCCN2)CC1. The number of hydrogen-bond donors (Lipinski definition) is 1. The molecule has 0 spiro atoms. The average Bonchev–Trinajstić information content (AvgIpc) is 2.74. The van der Waals surface area contributed by atoms with E-state index in [0.29, 0.717) is 0 Å². The monoisotopic (exact) mass is 252 g/mol. The molecule has 1 heterocycles. The average molecular weight is 252 g/mol. The fourth-order valence-corrected chi connectivity index (χ4v) is 3.91. The molecule has 0 aromatic carbocycles. The zero-order valence-corrected chi connectivity index (χ0v) is 12.5. The Kier molecular flexibility index (Phi) is 5.97. The van der Waals surface area contributed by atoms with Crippen molar-refractivity contribution in [3.05, 3.63) is 0 Å². The third-order valence-electron chi connectivity index (χ3n) is 5.05. The largest absolute Gasteiger partial charge is 0.313 e. The molecule has 0 amide bonds. The third-order valence-corrected chi connectivity index (χ3v) is 5.05. The fourth-order valence-electron chi connectivity index (χ4n) is 3.91. The highest BCUT2D eigenvalue weighted by Crippen LogP contribution is 2.28. The summed E-state index contributed by atoms with van der Waals surface area (Å²) in [4.78, 5) is 2.65. The fraction of sp³-hybridized carbons (Fsp3) is 1.00. The Morgan fingerprint density at radius 1 is 1.06 bits per heavy atom. The number of likely N-dealkylation sites (N-methyl/N-ethyl adjacent to an activating group) is 1. The van der Waals surface area contributed by atoms with Crippen molar-refractivity contribution in [1.29, 1.82) is 0 Å². The molecule has 1 saturated heterocycles. The molecule has 1 saturated carbocycles. The second-order valence-corrected chi connectivity index (χ2v) is 6.55. The van der Waals surface area contributed by atoms with Crippen molar-refractivity contribution in [3.8, 4) is 0 Å². The van der Waals surface area contributed by atoms with E-state index in [-0.39, 0.29) is 0 Å². The molecule has 2 nitrogen and oxygen atoms in total. The number of nitrogens with zero attached hydrogens (tertiary/aromatic N) is 1. The normalized spacial score (nSPS) is 33.8. The number of nitrogens with one attached hydrogen (secondary N) is 1. The van der Waals surface area contributed by atoms with E-state index in [1.165, 1.54) is 70.9 Å². The van der Waals surface area contributed by atoms with E-state index in [1.807, 2.05) is 0 Å². The van der Waals surface area contributed by atoms with Crippen LogP contribution < -0.4 is 5.32 Å². The van der Waals surface area contributed by atoms with Crippen LogP contribution in [0.3, 0.4) is 0 Å². The second-order valence-electron chi connectivity index (χ2n) is 6.55. The lowest BCUT2D eigenvalue weighted by Crippen LogP contribution is -2.40. The maximum absolute atomic E-state index is 3.63. The minimum Gasteiger partial charge on any atom is -0.313 e. The van der Waals surface area contributed by atoms with Gasteiger partial charge in [-0.15, -0.1) is 0 Å². The van der Waals surface area contributed by atoms with Crippen LogP contribution >= 0.6 is 0 Å². The van der Waals surface area contributed by atoms with E-state index >= 15 is 0 Å². The van der Waals surface area contributed by atoms with Crippen LogP contribution in [-0.2, 0) is 0 Å². The quantitative estimate of drug-likeness (QED) is 0.754. The van der Waals surface area contributed by atoms with Gasteiger partial charge in [-0.25, -0.2) is 0 Å². The summed E-state index contributed by atoms with van der Waals surface area (Å²) < 4.78 is 0. The summed E-state index contributed by atoms with van der Waals surface area (Å²) in [5.74, 6) is 1.03. The molecule has 3 unspecified atom stereocenters. The van der Waals surface area contributed by atoms with Crippen LogP contribution in [0.5, 0.6) is 0 Å². The van der Waals surface area contributed by atoms with Gasteiger partial charge in [-0.2, -0.15) is 0 Å². The van der Waals surface area contributed by atoms with Gasteiger partial charge in [0.25, 0.3) is 0 Å². The highest BCUT2D eigenvalue weighted by molar-refractivity contribution is 4.82. The van der Waals surface area contributed by atoms with Gasteiger partial charge < -0.3 is 10.2 Å². The molecule has 2 fully saturated rings. The molecule has 2 heteroatoms. The molecule has 0 aromatic heterocycles. The molecular weight excluding hydrogens is 220 g/mol. The van der Waals surface area contributed by atoms with E-state index in [2.05, 4.69) is 24.2 Å². The maximum atomic E-state index is 3.63. The molecule has 1 N–H and O–H groups in total. The molecule has 0 bridgehead atoms. The van der Waals surface area contributed by atoms with Crippen molar-refractivity contribution >= 4 is 0 Å². The van der Waals surface area contributed by atoms with Gasteiger partial charge in [0.15, 0.2) is 0 Å². The topological polar surface area (TPSA) is 15.3 Å². The number of rotatable bonds is 5. The Morgan fingerprint density at radius 2 is 1.94 bits per heavy atom. The van der Waals surface area contributed by atoms with E-state index < -0.39 is 0 Å². The third kappa shape index (κ3) is 4.24. The summed E-state index contributed by atoms with van der Waals surface area (Å²) in [6, 6.07) is 1.62. The molecule has 1 aliphatic heterocycles. The van der Waals surface area contributed by atoms with Crippen molar-refractivity contribution in [2.24, 2.45) is 5.92 Å². The van der Waals surface area contributed by atoms with E-state index in [4.69, 9.17) is 0 Å². The van der Waals surface area contributed by atoms with Gasteiger partial charge in [0.05, 0.1) is 0 Å². The minimum absolute atomic E-state index is 0.768. The molecule has 2 aliphatic rings. The summed E-state index contributed by atoms with van der Waals surface area (Å²) in [6.07, 6.45) is 12.9. The van der Waals surface area contributed by atoms with Crippen LogP contribution in [0.2, 0.25) is 0 Å². The van der Waals surface area contributed by atoms with Crippen LogP contribution in [0.4, 0.5) is 0 Å². The molecule has 1 aliphatic carbocycles. The van der Waals surface area contributed by atoms with Gasteiger partial charge in [-0.1, -0.05) is 32.6 Å². The predicted molar refractivity (Wildman–Crippen MR) is 78.9 cm³/mol. The Labute approximate surface area is 114 Å². The van der Waals surface area contributed by atoms with Crippen molar-refractivity contribution in [2.75, 3.05) is 20.1 Å².